The van der Waals surface area contributed by atoms with Gasteiger partial charge in [-0.05, 0) is 37.0 Å². The van der Waals surface area contributed by atoms with Gasteiger partial charge in [-0.15, -0.1) is 0 Å². The second kappa shape index (κ2) is 7.73. The fourth-order valence-corrected chi connectivity index (χ4v) is 3.54. The summed E-state index contributed by atoms with van der Waals surface area (Å²) in [6.07, 6.45) is 3.15. The molecule has 1 unspecified atom stereocenters. The van der Waals surface area contributed by atoms with E-state index < -0.39 is 5.54 Å². The molecule has 7 heteroatoms. The summed E-state index contributed by atoms with van der Waals surface area (Å²) in [7, 11) is 0. The molecule has 4 rings (SSSR count). The van der Waals surface area contributed by atoms with Crippen LogP contribution in [-0.4, -0.2) is 16.0 Å². The number of carbonyl (C=O) groups is 1. The summed E-state index contributed by atoms with van der Waals surface area (Å²) in [4.78, 5) is 17.3. The Morgan fingerprint density at radius 3 is 2.57 bits per heavy atom. The van der Waals surface area contributed by atoms with Gasteiger partial charge in [0.05, 0.1) is 28.6 Å². The minimum Gasteiger partial charge on any atom is -0.345 e. The quantitative estimate of drug-likeness (QED) is 0.661. The van der Waals surface area contributed by atoms with Crippen LogP contribution in [0.15, 0.2) is 59.1 Å². The van der Waals surface area contributed by atoms with Gasteiger partial charge in [-0.2, -0.15) is 4.98 Å². The van der Waals surface area contributed by atoms with E-state index in [1.54, 1.807) is 24.3 Å². The van der Waals surface area contributed by atoms with Crippen molar-refractivity contribution in [1.29, 1.82) is 0 Å². The van der Waals surface area contributed by atoms with Crippen LogP contribution >= 0.6 is 11.6 Å². The Kier molecular flexibility index (Phi) is 5.15. The van der Waals surface area contributed by atoms with Crippen molar-refractivity contribution in [3.63, 3.8) is 0 Å². The zero-order valence-electron chi connectivity index (χ0n) is 15.3. The molecule has 3 N–H and O–H groups in total. The third kappa shape index (κ3) is 3.79. The maximum Gasteiger partial charge on any atom is 0.253 e. The Hall–Kier alpha value is -2.70. The summed E-state index contributed by atoms with van der Waals surface area (Å²) in [6, 6.07) is 16.3. The first-order valence-electron chi connectivity index (χ1n) is 9.27. The molecule has 1 amide bonds. The van der Waals surface area contributed by atoms with E-state index >= 15 is 0 Å². The molecule has 1 aliphatic carbocycles. The van der Waals surface area contributed by atoms with Crippen LogP contribution in [0.2, 0.25) is 5.02 Å². The highest BCUT2D eigenvalue weighted by Gasteiger charge is 2.39. The maximum atomic E-state index is 12.8. The standard InChI is InChI=1S/C21H21ClN4O2/c22-16-10-5-4-9-15(16)19(27)24-17(14-7-2-1-3-8-14)13-18-25-20(26-28-18)21(23)11-6-12-21/h1-5,7-10,17H,6,11-13,23H2,(H,24,27). The lowest BCUT2D eigenvalue weighted by molar-refractivity contribution is 0.0935. The number of halogens is 1. The molecule has 0 saturated heterocycles. The summed E-state index contributed by atoms with van der Waals surface area (Å²) in [5.41, 5.74) is 7.16. The molecule has 0 aliphatic heterocycles. The Balaban J connectivity index is 1.56. The number of nitrogens with two attached hydrogens (primary N) is 1. The second-order valence-electron chi connectivity index (χ2n) is 7.14. The average molecular weight is 397 g/mol. The molecule has 6 nitrogen and oxygen atoms in total. The molecule has 1 fully saturated rings. The van der Waals surface area contributed by atoms with Crippen LogP contribution in [0.3, 0.4) is 0 Å². The van der Waals surface area contributed by atoms with Crippen molar-refractivity contribution < 1.29 is 9.32 Å². The topological polar surface area (TPSA) is 94.0 Å². The predicted octanol–water partition coefficient (Wildman–Crippen LogP) is 3.77. The normalized spacial score (nSPS) is 16.2. The van der Waals surface area contributed by atoms with Crippen molar-refractivity contribution >= 4 is 17.5 Å². The van der Waals surface area contributed by atoms with Crippen LogP contribution in [0, 0.1) is 0 Å². The number of hydrogen-bond acceptors (Lipinski definition) is 5. The van der Waals surface area contributed by atoms with Crippen LogP contribution in [0.25, 0.3) is 0 Å². The lowest BCUT2D eigenvalue weighted by Crippen LogP contribution is -2.44. The fraction of sp³-hybridized carbons (Fsp3) is 0.286. The largest absolute Gasteiger partial charge is 0.345 e. The summed E-state index contributed by atoms with van der Waals surface area (Å²) >= 11 is 6.17. The van der Waals surface area contributed by atoms with Crippen molar-refractivity contribution in [2.24, 2.45) is 5.73 Å². The van der Waals surface area contributed by atoms with Crippen LogP contribution < -0.4 is 11.1 Å². The lowest BCUT2D eigenvalue weighted by atomic mass is 9.77. The summed E-state index contributed by atoms with van der Waals surface area (Å²) < 4.78 is 5.43. The highest BCUT2D eigenvalue weighted by Crippen LogP contribution is 2.37. The van der Waals surface area contributed by atoms with Gasteiger partial charge < -0.3 is 15.6 Å². The fourth-order valence-electron chi connectivity index (χ4n) is 3.31. The van der Waals surface area contributed by atoms with Crippen molar-refractivity contribution in [2.45, 2.75) is 37.3 Å². The van der Waals surface area contributed by atoms with Crippen LogP contribution in [0.5, 0.6) is 0 Å². The third-order valence-corrected chi connectivity index (χ3v) is 5.49. The number of benzene rings is 2. The Morgan fingerprint density at radius 2 is 1.89 bits per heavy atom. The van der Waals surface area contributed by atoms with Crippen molar-refractivity contribution in [3.8, 4) is 0 Å². The van der Waals surface area contributed by atoms with Crippen molar-refractivity contribution in [3.05, 3.63) is 82.5 Å². The van der Waals surface area contributed by atoms with Crippen LogP contribution in [0.1, 0.15) is 52.9 Å². The van der Waals surface area contributed by atoms with E-state index in [0.717, 1.165) is 24.8 Å². The minimum absolute atomic E-state index is 0.256. The van der Waals surface area contributed by atoms with E-state index in [0.29, 0.717) is 28.7 Å². The first-order valence-corrected chi connectivity index (χ1v) is 9.65. The zero-order chi connectivity index (χ0) is 19.6. The average Bonchev–Trinajstić information content (AvgIpc) is 3.15. The van der Waals surface area contributed by atoms with E-state index in [1.165, 1.54) is 0 Å². The monoisotopic (exact) mass is 396 g/mol. The van der Waals surface area contributed by atoms with Gasteiger partial charge in [0.25, 0.3) is 5.91 Å². The number of aromatic nitrogens is 2. The van der Waals surface area contributed by atoms with E-state index in [4.69, 9.17) is 21.9 Å². The molecule has 1 saturated carbocycles. The molecule has 1 aliphatic rings. The van der Waals surface area contributed by atoms with E-state index in [2.05, 4.69) is 15.5 Å². The molecular weight excluding hydrogens is 376 g/mol. The number of amides is 1. The first-order chi connectivity index (χ1) is 13.5. The molecule has 1 aromatic heterocycles. The van der Waals surface area contributed by atoms with Gasteiger partial charge in [0, 0.05) is 0 Å². The Labute approximate surface area is 168 Å². The molecular formula is C21H21ClN4O2. The van der Waals surface area contributed by atoms with Crippen LogP contribution in [-0.2, 0) is 12.0 Å². The van der Waals surface area contributed by atoms with Gasteiger partial charge in [-0.1, -0.05) is 59.2 Å². The predicted molar refractivity (Wildman–Crippen MR) is 106 cm³/mol. The van der Waals surface area contributed by atoms with Crippen molar-refractivity contribution in [2.75, 3.05) is 0 Å². The highest BCUT2D eigenvalue weighted by molar-refractivity contribution is 6.33. The van der Waals surface area contributed by atoms with Gasteiger partial charge in [0.1, 0.15) is 0 Å². The minimum atomic E-state index is -0.481. The SMILES string of the molecule is NC1(c2noc(CC(NC(=O)c3ccccc3Cl)c3ccccc3)n2)CCC1. The van der Waals surface area contributed by atoms with Crippen molar-refractivity contribution in [1.82, 2.24) is 15.5 Å². The van der Waals surface area contributed by atoms with Gasteiger partial charge >= 0.3 is 0 Å². The zero-order valence-corrected chi connectivity index (χ0v) is 16.0. The second-order valence-corrected chi connectivity index (χ2v) is 7.55. The number of carbonyl (C=O) groups excluding carboxylic acids is 1. The summed E-state index contributed by atoms with van der Waals surface area (Å²) in [6.45, 7) is 0. The number of hydrogen-bond donors (Lipinski definition) is 2. The third-order valence-electron chi connectivity index (χ3n) is 5.16. The van der Waals surface area contributed by atoms with Gasteiger partial charge in [0.2, 0.25) is 5.89 Å². The molecule has 2 aromatic carbocycles. The smallest absolute Gasteiger partial charge is 0.253 e. The Bertz CT molecular complexity index is 969. The molecule has 1 heterocycles. The van der Waals surface area contributed by atoms with Crippen LogP contribution in [0.4, 0.5) is 0 Å². The number of nitrogens with zero attached hydrogens (tertiary/aromatic N) is 2. The molecule has 0 radical (unpaired) electrons. The first kappa shape index (κ1) is 18.7. The highest BCUT2D eigenvalue weighted by atomic mass is 35.5. The molecule has 1 atom stereocenters. The molecule has 144 valence electrons. The lowest BCUT2D eigenvalue weighted by Gasteiger charge is -2.34. The van der Waals surface area contributed by atoms with E-state index in [-0.39, 0.29) is 11.9 Å². The van der Waals surface area contributed by atoms with E-state index in [1.807, 2.05) is 30.3 Å². The molecule has 28 heavy (non-hydrogen) atoms. The number of rotatable bonds is 6. The van der Waals surface area contributed by atoms with Gasteiger partial charge in [-0.25, -0.2) is 0 Å². The maximum absolute atomic E-state index is 12.8. The number of nitrogens with one attached hydrogen (secondary N) is 1. The summed E-state index contributed by atoms with van der Waals surface area (Å²) in [5, 5.41) is 7.50. The molecule has 0 bridgehead atoms. The Morgan fingerprint density at radius 1 is 1.18 bits per heavy atom. The van der Waals surface area contributed by atoms with Gasteiger partial charge in [0.15, 0.2) is 5.82 Å². The van der Waals surface area contributed by atoms with Gasteiger partial charge in [-0.3, -0.25) is 4.79 Å². The summed E-state index contributed by atoms with van der Waals surface area (Å²) in [5.74, 6) is 0.728. The molecule has 3 aromatic rings. The van der Waals surface area contributed by atoms with E-state index in [9.17, 15) is 4.79 Å². The molecule has 0 spiro atoms.